The van der Waals surface area contributed by atoms with Crippen LogP contribution in [0.4, 0.5) is 0 Å². The fourth-order valence-electron chi connectivity index (χ4n) is 2.51. The summed E-state index contributed by atoms with van der Waals surface area (Å²) in [4.78, 5) is 1.39. The lowest BCUT2D eigenvalue weighted by molar-refractivity contribution is 0.381. The highest BCUT2D eigenvalue weighted by molar-refractivity contribution is 9.10. The Morgan fingerprint density at radius 2 is 2.17 bits per heavy atom. The van der Waals surface area contributed by atoms with E-state index in [0.717, 1.165) is 17.8 Å². The molecule has 0 bridgehead atoms. The Morgan fingerprint density at radius 3 is 2.94 bits per heavy atom. The third-order valence-electron chi connectivity index (χ3n) is 3.44. The molecule has 100 valence electrons. The van der Waals surface area contributed by atoms with Crippen LogP contribution in [0.25, 0.3) is 0 Å². The van der Waals surface area contributed by atoms with Gasteiger partial charge in [0.2, 0.25) is 0 Å². The molecule has 1 N–H and O–H groups in total. The first-order valence-corrected chi connectivity index (χ1v) is 8.61. The first kappa shape index (κ1) is 14.4. The summed E-state index contributed by atoms with van der Waals surface area (Å²) in [6.07, 6.45) is 6.62. The molecule has 0 saturated heterocycles. The molecular formula is C15H22BrNS. The van der Waals surface area contributed by atoms with Crippen molar-refractivity contribution in [1.82, 2.24) is 5.32 Å². The van der Waals surface area contributed by atoms with Crippen molar-refractivity contribution in [3.63, 3.8) is 0 Å². The summed E-state index contributed by atoms with van der Waals surface area (Å²) < 4.78 is 1.23. The topological polar surface area (TPSA) is 12.0 Å². The van der Waals surface area contributed by atoms with Gasteiger partial charge < -0.3 is 5.32 Å². The summed E-state index contributed by atoms with van der Waals surface area (Å²) in [7, 11) is 0. The molecular weight excluding hydrogens is 306 g/mol. The normalized spacial score (nSPS) is 24.1. The molecule has 1 aromatic carbocycles. The molecule has 1 aliphatic rings. The number of hydrogen-bond donors (Lipinski definition) is 1. The molecule has 2 rings (SSSR count). The number of halogens is 1. The van der Waals surface area contributed by atoms with Gasteiger partial charge in [-0.05, 0) is 60.3 Å². The zero-order chi connectivity index (χ0) is 12.8. The van der Waals surface area contributed by atoms with Crippen LogP contribution in [0.15, 0.2) is 33.6 Å². The molecule has 0 amide bonds. The van der Waals surface area contributed by atoms with E-state index in [4.69, 9.17) is 0 Å². The van der Waals surface area contributed by atoms with Crippen molar-refractivity contribution in [3.8, 4) is 0 Å². The summed E-state index contributed by atoms with van der Waals surface area (Å²) in [6.45, 7) is 3.40. The molecule has 1 nitrogen and oxygen atoms in total. The summed E-state index contributed by atoms with van der Waals surface area (Å²) in [5, 5.41) is 4.45. The van der Waals surface area contributed by atoms with Crippen molar-refractivity contribution in [1.29, 1.82) is 0 Å². The Kier molecular flexibility index (Phi) is 6.06. The van der Waals surface area contributed by atoms with E-state index in [1.165, 1.54) is 41.5 Å². The Bertz CT molecular complexity index is 369. The molecule has 18 heavy (non-hydrogen) atoms. The van der Waals surface area contributed by atoms with Gasteiger partial charge in [0, 0.05) is 20.7 Å². The predicted molar refractivity (Wildman–Crippen MR) is 84.3 cm³/mol. The van der Waals surface area contributed by atoms with Gasteiger partial charge >= 0.3 is 0 Å². The number of thioether (sulfide) groups is 1. The van der Waals surface area contributed by atoms with Crippen molar-refractivity contribution in [2.75, 3.05) is 6.54 Å². The molecule has 0 spiro atoms. The molecule has 2 unspecified atom stereocenters. The van der Waals surface area contributed by atoms with Gasteiger partial charge in [0.05, 0.1) is 0 Å². The van der Waals surface area contributed by atoms with Gasteiger partial charge in [-0.1, -0.05) is 25.5 Å². The molecule has 1 saturated carbocycles. The predicted octanol–water partition coefficient (Wildman–Crippen LogP) is 4.85. The lowest BCUT2D eigenvalue weighted by Gasteiger charge is -2.29. The average molecular weight is 328 g/mol. The van der Waals surface area contributed by atoms with Crippen LogP contribution in [0.2, 0.25) is 0 Å². The fraction of sp³-hybridized carbons (Fsp3) is 0.600. The standard InChI is InChI=1S/C15H22BrNS/c1-2-10-17-12-6-5-7-13(11-12)18-15-9-4-3-8-14(15)16/h3-4,8-9,12-13,17H,2,5-7,10-11H2,1H3. The van der Waals surface area contributed by atoms with Crippen LogP contribution in [0.3, 0.4) is 0 Å². The fourth-order valence-corrected chi connectivity index (χ4v) is 4.38. The van der Waals surface area contributed by atoms with E-state index in [0.29, 0.717) is 0 Å². The number of nitrogens with one attached hydrogen (secondary N) is 1. The van der Waals surface area contributed by atoms with E-state index in [1.807, 2.05) is 11.8 Å². The van der Waals surface area contributed by atoms with E-state index in [-0.39, 0.29) is 0 Å². The molecule has 0 heterocycles. The third kappa shape index (κ3) is 4.29. The molecule has 0 aliphatic heterocycles. The van der Waals surface area contributed by atoms with Crippen LogP contribution in [0.5, 0.6) is 0 Å². The SMILES string of the molecule is CCCNC1CCCC(Sc2ccccc2Br)C1. The second-order valence-electron chi connectivity index (χ2n) is 4.99. The summed E-state index contributed by atoms with van der Waals surface area (Å²) in [5.41, 5.74) is 0. The first-order chi connectivity index (χ1) is 8.79. The van der Waals surface area contributed by atoms with E-state index >= 15 is 0 Å². The Balaban J connectivity index is 1.87. The monoisotopic (exact) mass is 327 g/mol. The summed E-state index contributed by atoms with van der Waals surface area (Å²) >= 11 is 5.69. The highest BCUT2D eigenvalue weighted by Crippen LogP contribution is 2.37. The Hall–Kier alpha value is 0.01000. The van der Waals surface area contributed by atoms with Gasteiger partial charge in [-0.2, -0.15) is 0 Å². The van der Waals surface area contributed by atoms with Crippen LogP contribution in [0, 0.1) is 0 Å². The van der Waals surface area contributed by atoms with Gasteiger partial charge in [0.1, 0.15) is 0 Å². The average Bonchev–Trinajstić information content (AvgIpc) is 2.40. The minimum atomic E-state index is 0.735. The number of rotatable bonds is 5. The molecule has 1 aliphatic carbocycles. The zero-order valence-electron chi connectivity index (χ0n) is 11.0. The Labute approximate surface area is 123 Å². The van der Waals surface area contributed by atoms with Crippen molar-refractivity contribution < 1.29 is 0 Å². The van der Waals surface area contributed by atoms with Crippen molar-refractivity contribution >= 4 is 27.7 Å². The largest absolute Gasteiger partial charge is 0.314 e. The molecule has 2 atom stereocenters. The minimum absolute atomic E-state index is 0.735. The molecule has 1 fully saturated rings. The van der Waals surface area contributed by atoms with Crippen molar-refractivity contribution in [3.05, 3.63) is 28.7 Å². The third-order valence-corrected chi connectivity index (χ3v) is 5.76. The second-order valence-corrected chi connectivity index (χ2v) is 7.18. The molecule has 0 aromatic heterocycles. The molecule has 3 heteroatoms. The van der Waals surface area contributed by atoms with Crippen molar-refractivity contribution in [2.45, 2.75) is 55.2 Å². The van der Waals surface area contributed by atoms with Crippen LogP contribution < -0.4 is 5.32 Å². The van der Waals surface area contributed by atoms with E-state index in [1.54, 1.807) is 0 Å². The van der Waals surface area contributed by atoms with Gasteiger partial charge in [-0.15, -0.1) is 11.8 Å². The second kappa shape index (κ2) is 7.56. The van der Waals surface area contributed by atoms with Crippen LogP contribution in [-0.4, -0.2) is 17.8 Å². The van der Waals surface area contributed by atoms with Gasteiger partial charge in [0.15, 0.2) is 0 Å². The smallest absolute Gasteiger partial charge is 0.0311 e. The summed E-state index contributed by atoms with van der Waals surface area (Å²) in [6, 6.07) is 9.30. The van der Waals surface area contributed by atoms with E-state index in [9.17, 15) is 0 Å². The van der Waals surface area contributed by atoms with E-state index < -0.39 is 0 Å². The lowest BCUT2D eigenvalue weighted by atomic mass is 9.95. The highest BCUT2D eigenvalue weighted by Gasteiger charge is 2.22. The molecule has 1 aromatic rings. The maximum Gasteiger partial charge on any atom is 0.0311 e. The highest BCUT2D eigenvalue weighted by atomic mass is 79.9. The molecule has 0 radical (unpaired) electrons. The van der Waals surface area contributed by atoms with Crippen LogP contribution >= 0.6 is 27.7 Å². The van der Waals surface area contributed by atoms with Crippen molar-refractivity contribution in [2.24, 2.45) is 0 Å². The zero-order valence-corrected chi connectivity index (χ0v) is 13.4. The van der Waals surface area contributed by atoms with Gasteiger partial charge in [-0.25, -0.2) is 0 Å². The quantitative estimate of drug-likeness (QED) is 0.829. The summed E-state index contributed by atoms with van der Waals surface area (Å²) in [5.74, 6) is 0. The maximum absolute atomic E-state index is 3.68. The lowest BCUT2D eigenvalue weighted by Crippen LogP contribution is -2.35. The minimum Gasteiger partial charge on any atom is -0.314 e. The van der Waals surface area contributed by atoms with Gasteiger partial charge in [-0.3, -0.25) is 0 Å². The van der Waals surface area contributed by atoms with Crippen LogP contribution in [0.1, 0.15) is 39.0 Å². The number of hydrogen-bond acceptors (Lipinski definition) is 2. The van der Waals surface area contributed by atoms with Gasteiger partial charge in [0.25, 0.3) is 0 Å². The maximum atomic E-state index is 3.68. The number of benzene rings is 1. The Morgan fingerprint density at radius 1 is 1.33 bits per heavy atom. The first-order valence-electron chi connectivity index (χ1n) is 6.94. The van der Waals surface area contributed by atoms with E-state index in [2.05, 4.69) is 52.4 Å². The van der Waals surface area contributed by atoms with Crippen LogP contribution in [-0.2, 0) is 0 Å².